The summed E-state index contributed by atoms with van der Waals surface area (Å²) in [4.78, 5) is 16.3. The topological polar surface area (TPSA) is 41.6 Å². The van der Waals surface area contributed by atoms with Gasteiger partial charge in [-0.25, -0.2) is 0 Å². The first-order valence-electron chi connectivity index (χ1n) is 11.1. The minimum absolute atomic E-state index is 0.0404. The molecule has 0 saturated carbocycles. The van der Waals surface area contributed by atoms with E-state index in [0.717, 1.165) is 44.2 Å². The molecule has 0 aliphatic carbocycles. The molecule has 1 amide bonds. The zero-order valence-electron chi connectivity index (χ0n) is 18.5. The van der Waals surface area contributed by atoms with Crippen molar-refractivity contribution in [3.05, 3.63) is 101 Å². The third kappa shape index (κ3) is 6.70. The summed E-state index contributed by atoms with van der Waals surface area (Å²) < 4.78 is 5.42. The van der Waals surface area contributed by atoms with Gasteiger partial charge in [-0.3, -0.25) is 9.69 Å². The van der Waals surface area contributed by atoms with Crippen LogP contribution in [-0.4, -0.2) is 37.1 Å². The third-order valence-corrected chi connectivity index (χ3v) is 6.68. The van der Waals surface area contributed by atoms with E-state index in [1.165, 1.54) is 21.6 Å². The van der Waals surface area contributed by atoms with Crippen LogP contribution in [0.3, 0.4) is 0 Å². The predicted octanol–water partition coefficient (Wildman–Crippen LogP) is 5.05. The summed E-state index contributed by atoms with van der Waals surface area (Å²) in [7, 11) is 0. The van der Waals surface area contributed by atoms with Crippen LogP contribution in [0.25, 0.3) is 0 Å². The molecule has 166 valence electrons. The standard InChI is InChI=1S/C27H30N2O2S/c1-21-5-11-26(12-6-21)32-20-22-7-9-25(10-8-22)27(30)28-18-23-3-2-4-24(17-23)19-29-13-15-31-16-14-29/h2-12,17H,13-16,18-20H2,1H3,(H,28,30). The number of morpholine rings is 1. The fourth-order valence-electron chi connectivity index (χ4n) is 3.69. The summed E-state index contributed by atoms with van der Waals surface area (Å²) in [6, 6.07) is 24.9. The Kier molecular flexibility index (Phi) is 7.99. The zero-order chi connectivity index (χ0) is 22.2. The van der Waals surface area contributed by atoms with E-state index in [4.69, 9.17) is 4.74 Å². The first kappa shape index (κ1) is 22.6. The molecule has 32 heavy (non-hydrogen) atoms. The molecule has 0 atom stereocenters. The molecular formula is C27H30N2O2S. The summed E-state index contributed by atoms with van der Waals surface area (Å²) in [6.45, 7) is 7.10. The molecule has 4 rings (SSSR count). The van der Waals surface area contributed by atoms with Crippen molar-refractivity contribution < 1.29 is 9.53 Å². The van der Waals surface area contributed by atoms with Crippen LogP contribution >= 0.6 is 11.8 Å². The summed E-state index contributed by atoms with van der Waals surface area (Å²) >= 11 is 1.81. The molecule has 5 heteroatoms. The first-order chi connectivity index (χ1) is 15.7. The van der Waals surface area contributed by atoms with E-state index in [1.54, 1.807) is 11.8 Å². The largest absolute Gasteiger partial charge is 0.379 e. The highest BCUT2D eigenvalue weighted by atomic mass is 32.2. The van der Waals surface area contributed by atoms with Crippen molar-refractivity contribution >= 4 is 17.7 Å². The van der Waals surface area contributed by atoms with Gasteiger partial charge in [0.15, 0.2) is 0 Å². The second kappa shape index (κ2) is 11.3. The Morgan fingerprint density at radius 3 is 2.41 bits per heavy atom. The number of benzene rings is 3. The van der Waals surface area contributed by atoms with E-state index in [9.17, 15) is 4.79 Å². The molecule has 1 N–H and O–H groups in total. The molecular weight excluding hydrogens is 416 g/mol. The van der Waals surface area contributed by atoms with Gasteiger partial charge in [0.05, 0.1) is 13.2 Å². The molecule has 0 unspecified atom stereocenters. The fourth-order valence-corrected chi connectivity index (χ4v) is 4.55. The van der Waals surface area contributed by atoms with Crippen LogP contribution in [0.1, 0.15) is 32.6 Å². The Morgan fingerprint density at radius 1 is 0.938 bits per heavy atom. The number of aryl methyl sites for hydroxylation is 1. The minimum Gasteiger partial charge on any atom is -0.379 e. The van der Waals surface area contributed by atoms with Gasteiger partial charge in [-0.1, -0.05) is 54.1 Å². The van der Waals surface area contributed by atoms with Gasteiger partial charge in [-0.2, -0.15) is 0 Å². The third-order valence-electron chi connectivity index (χ3n) is 5.60. The Labute approximate surface area is 195 Å². The van der Waals surface area contributed by atoms with E-state index in [-0.39, 0.29) is 5.91 Å². The number of thioether (sulfide) groups is 1. The Hall–Kier alpha value is -2.60. The average Bonchev–Trinajstić information content (AvgIpc) is 2.83. The van der Waals surface area contributed by atoms with Gasteiger partial charge in [0.2, 0.25) is 0 Å². The molecule has 1 aliphatic rings. The molecule has 1 fully saturated rings. The van der Waals surface area contributed by atoms with Crippen LogP contribution in [0.2, 0.25) is 0 Å². The number of rotatable bonds is 8. The number of carbonyl (C=O) groups is 1. The number of hydrogen-bond acceptors (Lipinski definition) is 4. The van der Waals surface area contributed by atoms with Crippen molar-refractivity contribution in [1.82, 2.24) is 10.2 Å². The SMILES string of the molecule is Cc1ccc(SCc2ccc(C(=O)NCc3cccc(CN4CCOCC4)c3)cc2)cc1. The second-order valence-corrected chi connectivity index (χ2v) is 9.24. The van der Waals surface area contributed by atoms with Gasteiger partial charge in [0, 0.05) is 42.4 Å². The summed E-state index contributed by atoms with van der Waals surface area (Å²) in [5.41, 5.74) is 5.57. The van der Waals surface area contributed by atoms with E-state index >= 15 is 0 Å². The number of nitrogens with one attached hydrogen (secondary N) is 1. The Bertz CT molecular complexity index is 1010. The highest BCUT2D eigenvalue weighted by molar-refractivity contribution is 7.98. The maximum Gasteiger partial charge on any atom is 0.251 e. The quantitative estimate of drug-likeness (QED) is 0.492. The van der Waals surface area contributed by atoms with Crippen LogP contribution in [-0.2, 0) is 23.6 Å². The van der Waals surface area contributed by atoms with Crippen LogP contribution in [0, 0.1) is 6.92 Å². The van der Waals surface area contributed by atoms with Gasteiger partial charge in [-0.05, 0) is 47.9 Å². The average molecular weight is 447 g/mol. The summed E-state index contributed by atoms with van der Waals surface area (Å²) in [5.74, 6) is 0.849. The molecule has 0 spiro atoms. The van der Waals surface area contributed by atoms with Crippen molar-refractivity contribution in [3.8, 4) is 0 Å². The van der Waals surface area contributed by atoms with E-state index < -0.39 is 0 Å². The molecule has 3 aromatic rings. The van der Waals surface area contributed by atoms with Crippen molar-refractivity contribution in [2.75, 3.05) is 26.3 Å². The molecule has 0 radical (unpaired) electrons. The lowest BCUT2D eigenvalue weighted by molar-refractivity contribution is 0.0342. The minimum atomic E-state index is -0.0404. The lowest BCUT2D eigenvalue weighted by atomic mass is 10.1. The summed E-state index contributed by atoms with van der Waals surface area (Å²) in [5, 5.41) is 3.05. The highest BCUT2D eigenvalue weighted by Gasteiger charge is 2.11. The monoisotopic (exact) mass is 446 g/mol. The number of amides is 1. The van der Waals surface area contributed by atoms with Crippen molar-refractivity contribution in [2.24, 2.45) is 0 Å². The van der Waals surface area contributed by atoms with Crippen molar-refractivity contribution in [3.63, 3.8) is 0 Å². The smallest absolute Gasteiger partial charge is 0.251 e. The molecule has 4 nitrogen and oxygen atoms in total. The van der Waals surface area contributed by atoms with Gasteiger partial charge in [0.1, 0.15) is 0 Å². The second-order valence-electron chi connectivity index (χ2n) is 8.19. The highest BCUT2D eigenvalue weighted by Crippen LogP contribution is 2.23. The van der Waals surface area contributed by atoms with E-state index in [1.807, 2.05) is 24.3 Å². The molecule has 1 saturated heterocycles. The number of ether oxygens (including phenoxy) is 1. The molecule has 0 aromatic heterocycles. The van der Waals surface area contributed by atoms with E-state index in [2.05, 4.69) is 65.7 Å². The van der Waals surface area contributed by atoms with Crippen LogP contribution in [0.15, 0.2) is 77.7 Å². The van der Waals surface area contributed by atoms with Gasteiger partial charge in [-0.15, -0.1) is 11.8 Å². The van der Waals surface area contributed by atoms with Crippen molar-refractivity contribution in [2.45, 2.75) is 30.7 Å². The van der Waals surface area contributed by atoms with Gasteiger partial charge < -0.3 is 10.1 Å². The zero-order valence-corrected chi connectivity index (χ0v) is 19.4. The lowest BCUT2D eigenvalue weighted by Crippen LogP contribution is -2.35. The van der Waals surface area contributed by atoms with Gasteiger partial charge >= 0.3 is 0 Å². The molecule has 1 heterocycles. The van der Waals surface area contributed by atoms with Crippen LogP contribution in [0.5, 0.6) is 0 Å². The Morgan fingerprint density at radius 2 is 1.66 bits per heavy atom. The maximum atomic E-state index is 12.6. The maximum absolute atomic E-state index is 12.6. The predicted molar refractivity (Wildman–Crippen MR) is 131 cm³/mol. The van der Waals surface area contributed by atoms with E-state index in [0.29, 0.717) is 12.1 Å². The molecule has 0 bridgehead atoms. The van der Waals surface area contributed by atoms with Crippen molar-refractivity contribution in [1.29, 1.82) is 0 Å². The number of nitrogens with zero attached hydrogens (tertiary/aromatic N) is 1. The molecule has 1 aliphatic heterocycles. The normalized spacial score (nSPS) is 14.3. The van der Waals surface area contributed by atoms with Gasteiger partial charge in [0.25, 0.3) is 5.91 Å². The first-order valence-corrected chi connectivity index (χ1v) is 12.1. The fraction of sp³-hybridized carbons (Fsp3) is 0.296. The van der Waals surface area contributed by atoms with Crippen LogP contribution in [0.4, 0.5) is 0 Å². The number of carbonyl (C=O) groups excluding carboxylic acids is 1. The lowest BCUT2D eigenvalue weighted by Gasteiger charge is -2.26. The van der Waals surface area contributed by atoms with Crippen LogP contribution < -0.4 is 5.32 Å². The summed E-state index contributed by atoms with van der Waals surface area (Å²) in [6.07, 6.45) is 0. The Balaban J connectivity index is 1.26. The number of hydrogen-bond donors (Lipinski definition) is 1. The molecule has 3 aromatic carbocycles.